The first-order valence-electron chi connectivity index (χ1n) is 6.58. The Bertz CT molecular complexity index is 671. The number of amides is 2. The van der Waals surface area contributed by atoms with Crippen molar-refractivity contribution in [2.45, 2.75) is 13.8 Å². The minimum absolute atomic E-state index is 0.191. The second kappa shape index (κ2) is 5.70. The zero-order chi connectivity index (χ0) is 15.6. The molecule has 0 saturated carbocycles. The lowest BCUT2D eigenvalue weighted by molar-refractivity contribution is -0.118. The molecule has 0 fully saturated rings. The van der Waals surface area contributed by atoms with Gasteiger partial charge in [-0.25, -0.2) is 0 Å². The summed E-state index contributed by atoms with van der Waals surface area (Å²) in [5.74, 6) is -0.688. The van der Waals surface area contributed by atoms with Gasteiger partial charge < -0.3 is 21.8 Å². The molecule has 1 heterocycles. The van der Waals surface area contributed by atoms with Crippen LogP contribution in [-0.2, 0) is 4.79 Å². The summed E-state index contributed by atoms with van der Waals surface area (Å²) < 4.78 is 0. The van der Waals surface area contributed by atoms with E-state index in [-0.39, 0.29) is 17.4 Å². The number of nitrogens with two attached hydrogens (primary N) is 2. The number of anilines is 2. The fraction of sp³-hybridized carbons (Fsp3) is 0.200. The van der Waals surface area contributed by atoms with Gasteiger partial charge in [0.25, 0.3) is 5.91 Å². The van der Waals surface area contributed by atoms with Gasteiger partial charge in [-0.3, -0.25) is 9.59 Å². The number of H-pyrrole nitrogens is 1. The Kier molecular flexibility index (Phi) is 3.98. The zero-order valence-corrected chi connectivity index (χ0v) is 11.9. The second-order valence-electron chi connectivity index (χ2n) is 5.08. The molecule has 0 spiro atoms. The number of hydrogen-bond donors (Lipinski definition) is 4. The monoisotopic (exact) mass is 286 g/mol. The van der Waals surface area contributed by atoms with E-state index in [9.17, 15) is 9.59 Å². The van der Waals surface area contributed by atoms with Crippen LogP contribution in [0.15, 0.2) is 30.5 Å². The van der Waals surface area contributed by atoms with Crippen LogP contribution >= 0.6 is 0 Å². The number of benzene rings is 1. The molecule has 1 aromatic carbocycles. The molecule has 6 nitrogen and oxygen atoms in total. The van der Waals surface area contributed by atoms with Crippen LogP contribution in [0, 0.1) is 5.92 Å². The van der Waals surface area contributed by atoms with Gasteiger partial charge in [-0.15, -0.1) is 0 Å². The van der Waals surface area contributed by atoms with Crippen molar-refractivity contribution >= 4 is 23.3 Å². The molecule has 2 aromatic rings. The Balaban J connectivity index is 2.44. The predicted octanol–water partition coefficient (Wildman–Crippen LogP) is 1.96. The van der Waals surface area contributed by atoms with Crippen molar-refractivity contribution in [3.63, 3.8) is 0 Å². The van der Waals surface area contributed by atoms with E-state index in [1.165, 1.54) is 0 Å². The first-order valence-corrected chi connectivity index (χ1v) is 6.58. The summed E-state index contributed by atoms with van der Waals surface area (Å²) in [5, 5.41) is 2.67. The van der Waals surface area contributed by atoms with E-state index >= 15 is 0 Å². The van der Waals surface area contributed by atoms with Gasteiger partial charge >= 0.3 is 0 Å². The third-order valence-electron chi connectivity index (χ3n) is 3.12. The molecule has 0 saturated heterocycles. The number of aromatic amines is 1. The van der Waals surface area contributed by atoms with E-state index in [4.69, 9.17) is 11.5 Å². The fourth-order valence-corrected chi connectivity index (χ4v) is 1.94. The number of carbonyl (C=O) groups is 2. The summed E-state index contributed by atoms with van der Waals surface area (Å²) in [5.41, 5.74) is 13.4. The van der Waals surface area contributed by atoms with Crippen LogP contribution < -0.4 is 16.8 Å². The Morgan fingerprint density at radius 2 is 1.81 bits per heavy atom. The molecule has 0 aliphatic carbocycles. The van der Waals surface area contributed by atoms with Gasteiger partial charge in [0.15, 0.2) is 0 Å². The Morgan fingerprint density at radius 3 is 2.33 bits per heavy atom. The molecule has 0 aliphatic heterocycles. The Hall–Kier alpha value is -2.76. The third-order valence-corrected chi connectivity index (χ3v) is 3.12. The maximum Gasteiger partial charge on any atom is 0.253 e. The van der Waals surface area contributed by atoms with E-state index in [0.717, 1.165) is 5.56 Å². The number of nitrogens with one attached hydrogen (secondary N) is 2. The van der Waals surface area contributed by atoms with Gasteiger partial charge in [-0.1, -0.05) is 26.0 Å². The van der Waals surface area contributed by atoms with Crippen LogP contribution in [0.5, 0.6) is 0 Å². The molecule has 6 N–H and O–H groups in total. The van der Waals surface area contributed by atoms with Crippen molar-refractivity contribution in [2.75, 3.05) is 11.1 Å². The number of rotatable bonds is 4. The summed E-state index contributed by atoms with van der Waals surface area (Å²) in [7, 11) is 0. The van der Waals surface area contributed by atoms with Crippen molar-refractivity contribution in [3.8, 4) is 11.1 Å². The van der Waals surface area contributed by atoms with Crippen LogP contribution in [0.2, 0.25) is 0 Å². The van der Waals surface area contributed by atoms with Gasteiger partial charge in [0.2, 0.25) is 5.91 Å². The molecule has 0 bridgehead atoms. The van der Waals surface area contributed by atoms with Crippen LogP contribution in [0.3, 0.4) is 0 Å². The smallest absolute Gasteiger partial charge is 0.253 e. The highest BCUT2D eigenvalue weighted by Gasteiger charge is 2.20. The lowest BCUT2D eigenvalue weighted by atomic mass is 10.0. The minimum atomic E-state index is -0.609. The highest BCUT2D eigenvalue weighted by Crippen LogP contribution is 2.29. The topological polar surface area (TPSA) is 114 Å². The molecule has 0 aliphatic rings. The number of hydrogen-bond acceptors (Lipinski definition) is 3. The quantitative estimate of drug-likeness (QED) is 0.644. The molecular weight excluding hydrogens is 268 g/mol. The number of aromatic nitrogens is 1. The molecule has 0 atom stereocenters. The Morgan fingerprint density at radius 1 is 1.19 bits per heavy atom. The first kappa shape index (κ1) is 14.6. The van der Waals surface area contributed by atoms with E-state index in [2.05, 4.69) is 10.3 Å². The summed E-state index contributed by atoms with van der Waals surface area (Å²) in [6.07, 6.45) is 1.64. The zero-order valence-electron chi connectivity index (χ0n) is 11.9. The first-order chi connectivity index (χ1) is 9.90. The van der Waals surface area contributed by atoms with E-state index in [1.807, 2.05) is 0 Å². The van der Waals surface area contributed by atoms with E-state index in [1.54, 1.807) is 44.3 Å². The molecular formula is C15H18N4O2. The Labute approximate surface area is 122 Å². The highest BCUT2D eigenvalue weighted by molar-refractivity contribution is 6.07. The minimum Gasteiger partial charge on any atom is -0.399 e. The SMILES string of the molecule is CC(C)C(=O)Nc1[nH]cc(-c2ccc(N)cc2)c1C(N)=O. The van der Waals surface area contributed by atoms with Crippen molar-refractivity contribution in [3.05, 3.63) is 36.0 Å². The molecule has 0 radical (unpaired) electrons. The molecule has 6 heteroatoms. The van der Waals surface area contributed by atoms with Gasteiger partial charge in [0.05, 0.1) is 5.56 Å². The van der Waals surface area contributed by atoms with Crippen LogP contribution in [0.4, 0.5) is 11.5 Å². The molecule has 21 heavy (non-hydrogen) atoms. The lowest BCUT2D eigenvalue weighted by Crippen LogP contribution is -2.21. The maximum atomic E-state index is 11.8. The lowest BCUT2D eigenvalue weighted by Gasteiger charge is -2.08. The van der Waals surface area contributed by atoms with Crippen LogP contribution in [0.25, 0.3) is 11.1 Å². The fourth-order valence-electron chi connectivity index (χ4n) is 1.94. The van der Waals surface area contributed by atoms with Crippen molar-refractivity contribution in [1.82, 2.24) is 4.98 Å². The molecule has 2 amide bonds. The molecule has 0 unspecified atom stereocenters. The average Bonchev–Trinajstić information content (AvgIpc) is 2.83. The van der Waals surface area contributed by atoms with E-state index < -0.39 is 5.91 Å². The number of nitrogen functional groups attached to an aromatic ring is 1. The normalized spacial score (nSPS) is 10.6. The van der Waals surface area contributed by atoms with E-state index in [0.29, 0.717) is 17.1 Å². The molecule has 1 aromatic heterocycles. The standard InChI is InChI=1S/C15H18N4O2/c1-8(2)15(21)19-14-12(13(17)20)11(7-18-14)9-3-5-10(16)6-4-9/h3-8,18H,16H2,1-2H3,(H2,17,20)(H,19,21). The highest BCUT2D eigenvalue weighted by atomic mass is 16.2. The summed E-state index contributed by atoms with van der Waals surface area (Å²) in [6, 6.07) is 7.05. The third kappa shape index (κ3) is 3.05. The van der Waals surface area contributed by atoms with Crippen molar-refractivity contribution in [1.29, 1.82) is 0 Å². The van der Waals surface area contributed by atoms with Crippen molar-refractivity contribution < 1.29 is 9.59 Å². The van der Waals surface area contributed by atoms with Crippen molar-refractivity contribution in [2.24, 2.45) is 11.7 Å². The van der Waals surface area contributed by atoms with Gasteiger partial charge in [-0.2, -0.15) is 0 Å². The summed E-state index contributed by atoms with van der Waals surface area (Å²) in [4.78, 5) is 26.4. The molecule has 2 rings (SSSR count). The number of carbonyl (C=O) groups excluding carboxylic acids is 2. The number of primary amides is 1. The van der Waals surface area contributed by atoms with Gasteiger partial charge in [0, 0.05) is 23.4 Å². The van der Waals surface area contributed by atoms with Crippen LogP contribution in [0.1, 0.15) is 24.2 Å². The predicted molar refractivity (Wildman–Crippen MR) is 82.6 cm³/mol. The maximum absolute atomic E-state index is 11.8. The average molecular weight is 286 g/mol. The largest absolute Gasteiger partial charge is 0.399 e. The summed E-state index contributed by atoms with van der Waals surface area (Å²) >= 11 is 0. The van der Waals surface area contributed by atoms with Gasteiger partial charge in [0.1, 0.15) is 5.82 Å². The van der Waals surface area contributed by atoms with Gasteiger partial charge in [-0.05, 0) is 17.7 Å². The molecule has 110 valence electrons. The van der Waals surface area contributed by atoms with Crippen LogP contribution in [-0.4, -0.2) is 16.8 Å². The second-order valence-corrected chi connectivity index (χ2v) is 5.08. The summed E-state index contributed by atoms with van der Waals surface area (Å²) in [6.45, 7) is 3.53.